The topological polar surface area (TPSA) is 50.7 Å². The fraction of sp³-hybridized carbons (Fsp3) is 0.379. The van der Waals surface area contributed by atoms with Gasteiger partial charge in [-0.05, 0) is 85.9 Å². The second kappa shape index (κ2) is 10.1. The Hall–Kier alpha value is -2.92. The van der Waals surface area contributed by atoms with Crippen molar-refractivity contribution in [2.75, 3.05) is 0 Å². The van der Waals surface area contributed by atoms with Crippen LogP contribution in [0.15, 0.2) is 53.5 Å². The van der Waals surface area contributed by atoms with Gasteiger partial charge in [0.15, 0.2) is 0 Å². The van der Waals surface area contributed by atoms with Crippen molar-refractivity contribution >= 4 is 28.5 Å². The lowest BCUT2D eigenvalue weighted by molar-refractivity contribution is 0.0951. The molecule has 2 aliphatic carbocycles. The summed E-state index contributed by atoms with van der Waals surface area (Å²) in [4.78, 5) is 19.2. The molecule has 3 aromatic rings. The van der Waals surface area contributed by atoms with Gasteiger partial charge >= 0.3 is 0 Å². The van der Waals surface area contributed by atoms with Gasteiger partial charge in [0.05, 0.1) is 5.56 Å². The van der Waals surface area contributed by atoms with Crippen molar-refractivity contribution in [3.63, 3.8) is 0 Å². The normalized spacial score (nSPS) is 17.5. The number of nitrogens with one attached hydrogen (secondary N) is 1. The van der Waals surface area contributed by atoms with E-state index in [9.17, 15) is 4.79 Å². The number of amides is 1. The van der Waals surface area contributed by atoms with E-state index in [4.69, 9.17) is 9.73 Å². The van der Waals surface area contributed by atoms with Crippen molar-refractivity contribution in [2.45, 2.75) is 65.0 Å². The predicted molar refractivity (Wildman–Crippen MR) is 140 cm³/mol. The number of carbonyl (C=O) groups excluding carboxylic acids is 1. The zero-order valence-corrected chi connectivity index (χ0v) is 20.8. The van der Waals surface area contributed by atoms with Gasteiger partial charge in [-0.15, -0.1) is 11.3 Å². The molecule has 34 heavy (non-hydrogen) atoms. The molecular formula is C29H32N2O2S. The van der Waals surface area contributed by atoms with Gasteiger partial charge in [-0.1, -0.05) is 43.2 Å². The molecule has 1 heterocycles. The minimum atomic E-state index is 0.0574. The average molecular weight is 473 g/mol. The summed E-state index contributed by atoms with van der Waals surface area (Å²) >= 11 is 1.70. The Morgan fingerprint density at radius 3 is 2.59 bits per heavy atom. The third-order valence-electron chi connectivity index (χ3n) is 6.80. The van der Waals surface area contributed by atoms with Crippen LogP contribution in [0.2, 0.25) is 0 Å². The van der Waals surface area contributed by atoms with Crippen LogP contribution in [0.1, 0.15) is 70.1 Å². The minimum absolute atomic E-state index is 0.0574. The molecule has 1 N–H and O–H groups in total. The summed E-state index contributed by atoms with van der Waals surface area (Å²) in [5.41, 5.74) is 5.45. The van der Waals surface area contributed by atoms with Crippen LogP contribution in [0.3, 0.4) is 0 Å². The number of nitrogens with zero attached hydrogens (tertiary/aromatic N) is 1. The van der Waals surface area contributed by atoms with Gasteiger partial charge in [0.2, 0.25) is 0 Å². The van der Waals surface area contributed by atoms with Crippen LogP contribution < -0.4 is 10.1 Å². The van der Waals surface area contributed by atoms with Gasteiger partial charge in [-0.25, -0.2) is 4.99 Å². The van der Waals surface area contributed by atoms with Crippen molar-refractivity contribution in [2.24, 2.45) is 10.9 Å². The molecule has 0 bridgehead atoms. The molecule has 1 saturated carbocycles. The highest BCUT2D eigenvalue weighted by Crippen LogP contribution is 2.42. The SMILES string of the molecule is CCC1CCc2c(sc(N=Cc3ccc(OCc4ccc(C)cc4)cc3)c2C(=O)NC2CC2)C1. The molecule has 5 heteroatoms. The summed E-state index contributed by atoms with van der Waals surface area (Å²) in [7, 11) is 0. The first-order valence-corrected chi connectivity index (χ1v) is 13.2. The van der Waals surface area contributed by atoms with Crippen LogP contribution in [0.4, 0.5) is 5.00 Å². The quantitative estimate of drug-likeness (QED) is 0.367. The fourth-order valence-electron chi connectivity index (χ4n) is 4.43. The summed E-state index contributed by atoms with van der Waals surface area (Å²) in [6, 6.07) is 16.7. The summed E-state index contributed by atoms with van der Waals surface area (Å²) in [5, 5.41) is 4.03. The first-order valence-electron chi connectivity index (χ1n) is 12.4. The van der Waals surface area contributed by atoms with Crippen molar-refractivity contribution in [3.05, 3.63) is 81.2 Å². The standard InChI is InChI=1S/C29H32N2O2S/c1-3-20-10-15-25-26(16-20)34-29(27(25)28(32)31-23-11-12-23)30-17-21-8-13-24(14-9-21)33-18-22-6-4-19(2)5-7-22/h4-9,13-14,17,20,23H,3,10-12,15-16,18H2,1-2H3,(H,31,32). The number of hydrogen-bond donors (Lipinski definition) is 1. The monoisotopic (exact) mass is 472 g/mol. The molecule has 1 aromatic heterocycles. The van der Waals surface area contributed by atoms with E-state index in [1.54, 1.807) is 11.3 Å². The van der Waals surface area contributed by atoms with Crippen molar-refractivity contribution < 1.29 is 9.53 Å². The highest BCUT2D eigenvalue weighted by atomic mass is 32.1. The lowest BCUT2D eigenvalue weighted by atomic mass is 9.85. The van der Waals surface area contributed by atoms with Crippen LogP contribution in [0, 0.1) is 12.8 Å². The van der Waals surface area contributed by atoms with Crippen LogP contribution >= 0.6 is 11.3 Å². The second-order valence-corrected chi connectivity index (χ2v) is 10.6. The number of thiophene rings is 1. The summed E-state index contributed by atoms with van der Waals surface area (Å²) in [5.74, 6) is 1.61. The Bertz CT molecular complexity index is 1170. The number of hydrogen-bond acceptors (Lipinski definition) is 4. The van der Waals surface area contributed by atoms with E-state index < -0.39 is 0 Å². The fourth-order valence-corrected chi connectivity index (χ4v) is 5.74. The number of aryl methyl sites for hydroxylation is 1. The lowest BCUT2D eigenvalue weighted by Gasteiger charge is -2.21. The molecule has 0 aliphatic heterocycles. The Labute approximate surface area is 206 Å². The van der Waals surface area contributed by atoms with Crippen LogP contribution in [-0.2, 0) is 19.4 Å². The number of aliphatic imine (C=N–C) groups is 1. The summed E-state index contributed by atoms with van der Waals surface area (Å²) in [6.07, 6.45) is 8.46. The van der Waals surface area contributed by atoms with Crippen molar-refractivity contribution in [1.29, 1.82) is 0 Å². The molecule has 176 valence electrons. The molecule has 1 fully saturated rings. The van der Waals surface area contributed by atoms with Crippen LogP contribution in [0.25, 0.3) is 0 Å². The Balaban J connectivity index is 1.30. The van der Waals surface area contributed by atoms with E-state index in [-0.39, 0.29) is 5.91 Å². The highest BCUT2D eigenvalue weighted by molar-refractivity contribution is 7.16. The zero-order chi connectivity index (χ0) is 23.5. The van der Waals surface area contributed by atoms with Gasteiger partial charge in [-0.2, -0.15) is 0 Å². The van der Waals surface area contributed by atoms with E-state index in [1.165, 1.54) is 22.4 Å². The summed E-state index contributed by atoms with van der Waals surface area (Å²) in [6.45, 7) is 4.89. The minimum Gasteiger partial charge on any atom is -0.489 e. The van der Waals surface area contributed by atoms with Gasteiger partial charge in [0, 0.05) is 17.1 Å². The lowest BCUT2D eigenvalue weighted by Crippen LogP contribution is -2.26. The predicted octanol–water partition coefficient (Wildman–Crippen LogP) is 6.79. The third kappa shape index (κ3) is 5.41. The van der Waals surface area contributed by atoms with E-state index in [0.29, 0.717) is 12.6 Å². The molecule has 1 atom stereocenters. The van der Waals surface area contributed by atoms with Crippen LogP contribution in [-0.4, -0.2) is 18.2 Å². The largest absolute Gasteiger partial charge is 0.489 e. The molecule has 1 unspecified atom stereocenters. The van der Waals surface area contributed by atoms with Gasteiger partial charge < -0.3 is 10.1 Å². The number of ether oxygens (including phenoxy) is 1. The molecule has 4 nitrogen and oxygen atoms in total. The van der Waals surface area contributed by atoms with E-state index in [2.05, 4.69) is 43.4 Å². The molecule has 1 amide bonds. The number of benzene rings is 2. The van der Waals surface area contributed by atoms with Gasteiger partial charge in [-0.3, -0.25) is 4.79 Å². The maximum absolute atomic E-state index is 13.1. The third-order valence-corrected chi connectivity index (χ3v) is 7.97. The molecule has 0 saturated heterocycles. The van der Waals surface area contributed by atoms with E-state index in [1.807, 2.05) is 30.5 Å². The number of fused-ring (bicyclic) bond motifs is 1. The maximum atomic E-state index is 13.1. The smallest absolute Gasteiger partial charge is 0.254 e. The van der Waals surface area contributed by atoms with E-state index >= 15 is 0 Å². The maximum Gasteiger partial charge on any atom is 0.254 e. The molecule has 2 aliphatic rings. The summed E-state index contributed by atoms with van der Waals surface area (Å²) < 4.78 is 5.92. The van der Waals surface area contributed by atoms with Gasteiger partial charge in [0.1, 0.15) is 17.4 Å². The van der Waals surface area contributed by atoms with Gasteiger partial charge in [0.25, 0.3) is 5.91 Å². The zero-order valence-electron chi connectivity index (χ0n) is 20.0. The van der Waals surface area contributed by atoms with Crippen molar-refractivity contribution in [3.8, 4) is 5.75 Å². The van der Waals surface area contributed by atoms with Crippen LogP contribution in [0.5, 0.6) is 5.75 Å². The molecule has 2 aromatic carbocycles. The number of rotatable bonds is 8. The first-order chi connectivity index (χ1) is 16.6. The number of carbonyl (C=O) groups is 1. The average Bonchev–Trinajstić information content (AvgIpc) is 3.59. The van der Waals surface area contributed by atoms with Crippen molar-refractivity contribution in [1.82, 2.24) is 5.32 Å². The first kappa shape index (κ1) is 22.9. The Kier molecular flexibility index (Phi) is 6.82. The highest BCUT2D eigenvalue weighted by Gasteiger charge is 2.31. The Morgan fingerprint density at radius 1 is 1.12 bits per heavy atom. The van der Waals surface area contributed by atoms with E-state index in [0.717, 1.165) is 65.5 Å². The molecule has 0 spiro atoms. The Morgan fingerprint density at radius 2 is 1.88 bits per heavy atom. The molecular weight excluding hydrogens is 440 g/mol. The second-order valence-electron chi connectivity index (χ2n) is 9.55. The molecule has 0 radical (unpaired) electrons. The molecule has 5 rings (SSSR count).